The monoisotopic (exact) mass is 445 g/mol. The lowest BCUT2D eigenvalue weighted by Gasteiger charge is -2.46. The molecule has 4 rings (SSSR count). The first-order valence-corrected chi connectivity index (χ1v) is 10.9. The molecule has 6 nitrogen and oxygen atoms in total. The van der Waals surface area contributed by atoms with Gasteiger partial charge in [-0.05, 0) is 64.2 Å². The Balaban J connectivity index is 1.40. The zero-order chi connectivity index (χ0) is 19.7. The molecule has 0 saturated carbocycles. The number of likely N-dealkylation sites (tertiary alicyclic amines) is 1. The van der Waals surface area contributed by atoms with E-state index in [1.807, 2.05) is 41.4 Å². The summed E-state index contributed by atoms with van der Waals surface area (Å²) < 4.78 is 2.75. The predicted molar refractivity (Wildman–Crippen MR) is 114 cm³/mol. The first-order valence-electron chi connectivity index (χ1n) is 10.1. The summed E-state index contributed by atoms with van der Waals surface area (Å²) in [5.74, 6) is 0.0311. The van der Waals surface area contributed by atoms with Crippen molar-refractivity contribution >= 4 is 21.8 Å². The van der Waals surface area contributed by atoms with Gasteiger partial charge >= 0.3 is 0 Å². The third kappa shape index (κ3) is 4.16. The van der Waals surface area contributed by atoms with E-state index in [0.29, 0.717) is 17.8 Å². The predicted octanol–water partition coefficient (Wildman–Crippen LogP) is 2.88. The van der Waals surface area contributed by atoms with Gasteiger partial charge in [0, 0.05) is 42.4 Å². The SMILES string of the molecule is CC1CN(C(=O)c2ccn(-c3cccc(Br)c3)n2)CCN1C1CCN(C)CC1. The third-order valence-electron chi connectivity index (χ3n) is 6.00. The molecule has 2 fully saturated rings. The van der Waals surface area contributed by atoms with Crippen molar-refractivity contribution < 1.29 is 4.79 Å². The van der Waals surface area contributed by atoms with Gasteiger partial charge in [0.25, 0.3) is 5.91 Å². The van der Waals surface area contributed by atoms with Gasteiger partial charge in [-0.25, -0.2) is 4.68 Å². The standard InChI is InChI=1S/C21H28BrN5O/c1-16-15-25(12-13-26(16)18-6-9-24(2)10-7-18)21(28)20-8-11-27(23-20)19-5-3-4-17(22)14-19/h3-5,8,11,14,16,18H,6-7,9-10,12-13,15H2,1-2H3. The first-order chi connectivity index (χ1) is 13.5. The summed E-state index contributed by atoms with van der Waals surface area (Å²) in [7, 11) is 2.20. The van der Waals surface area contributed by atoms with E-state index >= 15 is 0 Å². The number of piperazine rings is 1. The second kappa shape index (κ2) is 8.35. The van der Waals surface area contributed by atoms with Crippen molar-refractivity contribution in [3.8, 4) is 5.69 Å². The molecule has 150 valence electrons. The molecular weight excluding hydrogens is 418 g/mol. The molecule has 0 radical (unpaired) electrons. The van der Waals surface area contributed by atoms with Gasteiger partial charge in [0.15, 0.2) is 5.69 Å². The van der Waals surface area contributed by atoms with Crippen LogP contribution in [-0.2, 0) is 0 Å². The summed E-state index contributed by atoms with van der Waals surface area (Å²) in [4.78, 5) is 20.0. The van der Waals surface area contributed by atoms with E-state index in [4.69, 9.17) is 0 Å². The van der Waals surface area contributed by atoms with Crippen molar-refractivity contribution in [1.82, 2.24) is 24.5 Å². The molecule has 2 aliphatic heterocycles. The second-order valence-electron chi connectivity index (χ2n) is 8.00. The molecule has 28 heavy (non-hydrogen) atoms. The Hall–Kier alpha value is -1.70. The highest BCUT2D eigenvalue weighted by molar-refractivity contribution is 9.10. The fraction of sp³-hybridized carbons (Fsp3) is 0.524. The van der Waals surface area contributed by atoms with E-state index in [0.717, 1.165) is 29.8 Å². The highest BCUT2D eigenvalue weighted by Crippen LogP contribution is 2.22. The molecule has 2 aromatic rings. The lowest BCUT2D eigenvalue weighted by atomic mass is 10.00. The molecule has 2 saturated heterocycles. The smallest absolute Gasteiger partial charge is 0.274 e. The van der Waals surface area contributed by atoms with Crippen molar-refractivity contribution in [2.45, 2.75) is 31.8 Å². The van der Waals surface area contributed by atoms with E-state index in [9.17, 15) is 4.79 Å². The molecule has 1 aromatic heterocycles. The highest BCUT2D eigenvalue weighted by atomic mass is 79.9. The van der Waals surface area contributed by atoms with Crippen LogP contribution in [0.5, 0.6) is 0 Å². The van der Waals surface area contributed by atoms with Crippen molar-refractivity contribution in [1.29, 1.82) is 0 Å². The maximum Gasteiger partial charge on any atom is 0.274 e. The number of carbonyl (C=O) groups excluding carboxylic acids is 1. The van der Waals surface area contributed by atoms with Crippen LogP contribution in [0.25, 0.3) is 5.69 Å². The minimum absolute atomic E-state index is 0.0311. The molecule has 0 spiro atoms. The summed E-state index contributed by atoms with van der Waals surface area (Å²) in [6.45, 7) is 7.09. The van der Waals surface area contributed by atoms with E-state index in [1.165, 1.54) is 25.9 Å². The van der Waals surface area contributed by atoms with Crippen LogP contribution in [0.4, 0.5) is 0 Å². The Morgan fingerprint density at radius 2 is 1.93 bits per heavy atom. The second-order valence-corrected chi connectivity index (χ2v) is 8.91. The van der Waals surface area contributed by atoms with Crippen LogP contribution in [0.3, 0.4) is 0 Å². The number of hydrogen-bond donors (Lipinski definition) is 0. The molecule has 0 N–H and O–H groups in total. The molecule has 2 aliphatic rings. The van der Waals surface area contributed by atoms with Crippen LogP contribution in [0.1, 0.15) is 30.3 Å². The molecule has 1 atom stereocenters. The lowest BCUT2D eigenvalue weighted by molar-refractivity contribution is 0.0224. The normalized spacial score (nSPS) is 22.5. The van der Waals surface area contributed by atoms with Gasteiger partial charge in [0.05, 0.1) is 5.69 Å². The fourth-order valence-corrected chi connectivity index (χ4v) is 4.77. The van der Waals surface area contributed by atoms with Gasteiger partial charge < -0.3 is 9.80 Å². The quantitative estimate of drug-likeness (QED) is 0.728. The molecule has 1 unspecified atom stereocenters. The van der Waals surface area contributed by atoms with Gasteiger partial charge in [-0.1, -0.05) is 22.0 Å². The van der Waals surface area contributed by atoms with E-state index < -0.39 is 0 Å². The number of piperidine rings is 1. The number of halogens is 1. The van der Waals surface area contributed by atoms with E-state index in [-0.39, 0.29) is 5.91 Å². The Morgan fingerprint density at radius 3 is 2.64 bits per heavy atom. The first kappa shape index (κ1) is 19.6. The van der Waals surface area contributed by atoms with Crippen LogP contribution in [0.15, 0.2) is 41.0 Å². The number of rotatable bonds is 3. The molecule has 0 bridgehead atoms. The van der Waals surface area contributed by atoms with Crippen LogP contribution in [0.2, 0.25) is 0 Å². The highest BCUT2D eigenvalue weighted by Gasteiger charge is 2.33. The zero-order valence-electron chi connectivity index (χ0n) is 16.6. The topological polar surface area (TPSA) is 44.6 Å². The maximum atomic E-state index is 13.0. The summed E-state index contributed by atoms with van der Waals surface area (Å²) in [5.41, 5.74) is 1.45. The number of carbonyl (C=O) groups is 1. The summed E-state index contributed by atoms with van der Waals surface area (Å²) in [5, 5.41) is 4.52. The van der Waals surface area contributed by atoms with Crippen LogP contribution >= 0.6 is 15.9 Å². The Labute approximate surface area is 175 Å². The van der Waals surface area contributed by atoms with Crippen LogP contribution in [-0.4, -0.2) is 82.2 Å². The van der Waals surface area contributed by atoms with Gasteiger partial charge in [0.2, 0.25) is 0 Å². The molecule has 1 amide bonds. The average Bonchev–Trinajstić information content (AvgIpc) is 3.18. The summed E-state index contributed by atoms with van der Waals surface area (Å²) in [6.07, 6.45) is 4.31. The van der Waals surface area contributed by atoms with E-state index in [1.54, 1.807) is 4.68 Å². The van der Waals surface area contributed by atoms with Crippen molar-refractivity contribution in [2.24, 2.45) is 0 Å². The molecule has 3 heterocycles. The van der Waals surface area contributed by atoms with Crippen LogP contribution in [0, 0.1) is 0 Å². The molecule has 0 aliphatic carbocycles. The van der Waals surface area contributed by atoms with Gasteiger partial charge in [0.1, 0.15) is 0 Å². The Morgan fingerprint density at radius 1 is 1.14 bits per heavy atom. The minimum atomic E-state index is 0.0311. The van der Waals surface area contributed by atoms with Crippen molar-refractivity contribution in [3.05, 3.63) is 46.7 Å². The largest absolute Gasteiger partial charge is 0.334 e. The minimum Gasteiger partial charge on any atom is -0.334 e. The number of amides is 1. The fourth-order valence-electron chi connectivity index (χ4n) is 4.39. The maximum absolute atomic E-state index is 13.0. The molecule has 7 heteroatoms. The zero-order valence-corrected chi connectivity index (χ0v) is 18.2. The summed E-state index contributed by atoms with van der Waals surface area (Å²) in [6, 6.07) is 10.8. The van der Waals surface area contributed by atoms with Crippen LogP contribution < -0.4 is 0 Å². The van der Waals surface area contributed by atoms with Gasteiger partial charge in [-0.3, -0.25) is 9.69 Å². The number of nitrogens with zero attached hydrogens (tertiary/aromatic N) is 5. The molecular formula is C21H28BrN5O. The number of hydrogen-bond acceptors (Lipinski definition) is 4. The van der Waals surface area contributed by atoms with Crippen molar-refractivity contribution in [3.63, 3.8) is 0 Å². The van der Waals surface area contributed by atoms with E-state index in [2.05, 4.69) is 44.8 Å². The Kier molecular flexibility index (Phi) is 5.85. The Bertz CT molecular complexity index is 830. The summed E-state index contributed by atoms with van der Waals surface area (Å²) >= 11 is 3.48. The number of aromatic nitrogens is 2. The van der Waals surface area contributed by atoms with Gasteiger partial charge in [-0.15, -0.1) is 0 Å². The lowest BCUT2D eigenvalue weighted by Crippen LogP contribution is -2.58. The molecule has 1 aromatic carbocycles. The number of benzene rings is 1. The third-order valence-corrected chi connectivity index (χ3v) is 6.50. The average molecular weight is 446 g/mol. The van der Waals surface area contributed by atoms with Crippen molar-refractivity contribution in [2.75, 3.05) is 39.8 Å². The van der Waals surface area contributed by atoms with Gasteiger partial charge in [-0.2, -0.15) is 5.10 Å².